The van der Waals surface area contributed by atoms with Crippen molar-refractivity contribution in [3.05, 3.63) is 0 Å². The molecular formula is C12H23N3O2. The predicted molar refractivity (Wildman–Crippen MR) is 66.5 cm³/mol. The van der Waals surface area contributed by atoms with Crippen LogP contribution in [0.4, 0.5) is 0 Å². The lowest BCUT2D eigenvalue weighted by molar-refractivity contribution is -0.125. The molecule has 0 spiro atoms. The average Bonchev–Trinajstić information content (AvgIpc) is 2.27. The van der Waals surface area contributed by atoms with E-state index in [-0.39, 0.29) is 30.4 Å². The first-order valence-corrected chi connectivity index (χ1v) is 6.31. The normalized spacial score (nSPS) is 22.1. The Bertz CT molecular complexity index is 279. The highest BCUT2D eigenvalue weighted by Crippen LogP contribution is 2.02. The van der Waals surface area contributed by atoms with Crippen molar-refractivity contribution in [2.24, 2.45) is 5.92 Å². The van der Waals surface area contributed by atoms with E-state index in [4.69, 9.17) is 0 Å². The van der Waals surface area contributed by atoms with Gasteiger partial charge in [-0.15, -0.1) is 0 Å². The third kappa shape index (κ3) is 4.73. The van der Waals surface area contributed by atoms with Crippen molar-refractivity contribution in [2.45, 2.75) is 45.7 Å². The van der Waals surface area contributed by atoms with E-state index in [9.17, 15) is 9.59 Å². The molecule has 5 heteroatoms. The van der Waals surface area contributed by atoms with E-state index >= 15 is 0 Å². The first-order valence-electron chi connectivity index (χ1n) is 6.31. The van der Waals surface area contributed by atoms with Gasteiger partial charge in [0.15, 0.2) is 0 Å². The molecule has 2 unspecified atom stereocenters. The summed E-state index contributed by atoms with van der Waals surface area (Å²) in [5.41, 5.74) is 0. The zero-order valence-electron chi connectivity index (χ0n) is 10.9. The Hall–Kier alpha value is -1.10. The summed E-state index contributed by atoms with van der Waals surface area (Å²) in [6.45, 7) is 7.05. The quantitative estimate of drug-likeness (QED) is 0.635. The lowest BCUT2D eigenvalue weighted by atomic mass is 10.1. The van der Waals surface area contributed by atoms with Crippen LogP contribution in [0.1, 0.15) is 33.6 Å². The van der Waals surface area contributed by atoms with Crippen LogP contribution in [0.5, 0.6) is 0 Å². The van der Waals surface area contributed by atoms with E-state index in [2.05, 4.69) is 29.8 Å². The molecule has 2 atom stereocenters. The van der Waals surface area contributed by atoms with Crippen LogP contribution in [0, 0.1) is 5.92 Å². The zero-order chi connectivity index (χ0) is 12.8. The smallest absolute Gasteiger partial charge is 0.237 e. The molecule has 17 heavy (non-hydrogen) atoms. The van der Waals surface area contributed by atoms with Crippen LogP contribution in [0.25, 0.3) is 0 Å². The van der Waals surface area contributed by atoms with Crippen LogP contribution in [0.2, 0.25) is 0 Å². The van der Waals surface area contributed by atoms with Gasteiger partial charge in [-0.25, -0.2) is 0 Å². The first kappa shape index (κ1) is 14.0. The molecule has 0 aromatic rings. The lowest BCUT2D eigenvalue weighted by Crippen LogP contribution is -2.51. The number of piperidine rings is 1. The molecule has 1 heterocycles. The highest BCUT2D eigenvalue weighted by Gasteiger charge is 2.22. The number of nitrogens with one attached hydrogen (secondary N) is 3. The predicted octanol–water partition coefficient (Wildman–Crippen LogP) is 0.0153. The largest absolute Gasteiger partial charge is 0.355 e. The Morgan fingerprint density at radius 3 is 2.76 bits per heavy atom. The maximum absolute atomic E-state index is 11.6. The summed E-state index contributed by atoms with van der Waals surface area (Å²) in [7, 11) is 0. The maximum atomic E-state index is 11.6. The monoisotopic (exact) mass is 241 g/mol. The van der Waals surface area contributed by atoms with Gasteiger partial charge in [0.1, 0.15) is 0 Å². The van der Waals surface area contributed by atoms with E-state index in [0.717, 1.165) is 19.4 Å². The number of rotatable bonds is 5. The van der Waals surface area contributed by atoms with E-state index in [1.165, 1.54) is 0 Å². The summed E-state index contributed by atoms with van der Waals surface area (Å²) in [6.07, 6.45) is 1.77. The van der Waals surface area contributed by atoms with Crippen LogP contribution >= 0.6 is 0 Å². The molecule has 0 aromatic carbocycles. The van der Waals surface area contributed by atoms with Gasteiger partial charge in [-0.3, -0.25) is 14.9 Å². The first-order chi connectivity index (χ1) is 8.00. The Labute approximate surface area is 103 Å². The Morgan fingerprint density at radius 1 is 1.47 bits per heavy atom. The van der Waals surface area contributed by atoms with Crippen LogP contribution < -0.4 is 16.0 Å². The van der Waals surface area contributed by atoms with E-state index in [0.29, 0.717) is 5.92 Å². The molecule has 0 aliphatic carbocycles. The van der Waals surface area contributed by atoms with Crippen molar-refractivity contribution < 1.29 is 9.59 Å². The minimum atomic E-state index is -0.219. The molecule has 1 fully saturated rings. The summed E-state index contributed by atoms with van der Waals surface area (Å²) >= 11 is 0. The minimum absolute atomic E-state index is 0.000887. The molecule has 1 aliphatic rings. The fourth-order valence-corrected chi connectivity index (χ4v) is 1.65. The van der Waals surface area contributed by atoms with Crippen molar-refractivity contribution >= 4 is 11.8 Å². The van der Waals surface area contributed by atoms with Crippen LogP contribution in [0.3, 0.4) is 0 Å². The summed E-state index contributed by atoms with van der Waals surface area (Å²) in [6, 6.07) is -0.0617. The molecule has 3 N–H and O–H groups in total. The number of carbonyl (C=O) groups excluding carboxylic acids is 2. The van der Waals surface area contributed by atoms with Crippen molar-refractivity contribution in [3.8, 4) is 0 Å². The molecule has 98 valence electrons. The third-order valence-electron chi connectivity index (χ3n) is 3.18. The third-order valence-corrected chi connectivity index (χ3v) is 3.18. The SMILES string of the molecule is CC(C)C(C)NC(=O)CNC1CCCNC1=O. The molecule has 1 rings (SSSR count). The molecule has 0 aromatic heterocycles. The zero-order valence-corrected chi connectivity index (χ0v) is 10.9. The van der Waals surface area contributed by atoms with Gasteiger partial charge in [-0.1, -0.05) is 13.8 Å². The maximum Gasteiger partial charge on any atom is 0.237 e. The summed E-state index contributed by atoms with van der Waals surface area (Å²) in [5, 5.41) is 8.67. The number of hydrogen-bond donors (Lipinski definition) is 3. The fourth-order valence-electron chi connectivity index (χ4n) is 1.65. The van der Waals surface area contributed by atoms with E-state index in [1.807, 2.05) is 6.92 Å². The molecule has 0 bridgehead atoms. The van der Waals surface area contributed by atoms with Crippen molar-refractivity contribution in [3.63, 3.8) is 0 Å². The summed E-state index contributed by atoms with van der Waals surface area (Å²) < 4.78 is 0. The van der Waals surface area contributed by atoms with E-state index in [1.54, 1.807) is 0 Å². The minimum Gasteiger partial charge on any atom is -0.355 e. The highest BCUT2D eigenvalue weighted by molar-refractivity contribution is 5.84. The van der Waals surface area contributed by atoms with Crippen LogP contribution in [-0.4, -0.2) is 37.0 Å². The standard InChI is InChI=1S/C12H23N3O2/c1-8(2)9(3)15-11(16)7-14-10-5-4-6-13-12(10)17/h8-10,14H,4-7H2,1-3H3,(H,13,17)(H,15,16). The Morgan fingerprint density at radius 2 is 2.18 bits per heavy atom. The van der Waals surface area contributed by atoms with Gasteiger partial charge >= 0.3 is 0 Å². The Balaban J connectivity index is 2.25. The van der Waals surface area contributed by atoms with Crippen molar-refractivity contribution in [1.29, 1.82) is 0 Å². The fraction of sp³-hybridized carbons (Fsp3) is 0.833. The van der Waals surface area contributed by atoms with E-state index < -0.39 is 0 Å². The second-order valence-electron chi connectivity index (χ2n) is 4.97. The van der Waals surface area contributed by atoms with Gasteiger partial charge in [0.25, 0.3) is 0 Å². The molecular weight excluding hydrogens is 218 g/mol. The van der Waals surface area contributed by atoms with Crippen LogP contribution in [-0.2, 0) is 9.59 Å². The van der Waals surface area contributed by atoms with Crippen molar-refractivity contribution in [1.82, 2.24) is 16.0 Å². The molecule has 0 radical (unpaired) electrons. The summed E-state index contributed by atoms with van der Waals surface area (Å²) in [5.74, 6) is 0.363. The van der Waals surface area contributed by atoms with Crippen LogP contribution in [0.15, 0.2) is 0 Å². The van der Waals surface area contributed by atoms with Gasteiger partial charge in [-0.2, -0.15) is 0 Å². The molecule has 5 nitrogen and oxygen atoms in total. The van der Waals surface area contributed by atoms with Gasteiger partial charge in [0.05, 0.1) is 12.6 Å². The molecule has 1 aliphatic heterocycles. The second-order valence-corrected chi connectivity index (χ2v) is 4.97. The molecule has 0 saturated carbocycles. The van der Waals surface area contributed by atoms with Gasteiger partial charge in [0, 0.05) is 12.6 Å². The molecule has 1 saturated heterocycles. The van der Waals surface area contributed by atoms with Gasteiger partial charge in [-0.05, 0) is 25.7 Å². The second kappa shape index (κ2) is 6.59. The number of hydrogen-bond acceptors (Lipinski definition) is 3. The summed E-state index contributed by atoms with van der Waals surface area (Å²) in [4.78, 5) is 23.0. The average molecular weight is 241 g/mol. The number of amides is 2. The van der Waals surface area contributed by atoms with Gasteiger partial charge < -0.3 is 10.6 Å². The van der Waals surface area contributed by atoms with Crippen molar-refractivity contribution in [2.75, 3.05) is 13.1 Å². The highest BCUT2D eigenvalue weighted by atomic mass is 16.2. The Kier molecular flexibility index (Phi) is 5.41. The number of carbonyl (C=O) groups is 2. The topological polar surface area (TPSA) is 70.2 Å². The lowest BCUT2D eigenvalue weighted by Gasteiger charge is -2.23. The molecule has 2 amide bonds. The van der Waals surface area contributed by atoms with Gasteiger partial charge in [0.2, 0.25) is 11.8 Å².